The van der Waals surface area contributed by atoms with Crippen molar-refractivity contribution in [1.82, 2.24) is 15.2 Å². The summed E-state index contributed by atoms with van der Waals surface area (Å²) in [7, 11) is 3.78. The fraction of sp³-hybridized carbons (Fsp3) is 0.471. The van der Waals surface area contributed by atoms with Gasteiger partial charge in [0.1, 0.15) is 5.69 Å². The van der Waals surface area contributed by atoms with Gasteiger partial charge in [-0.2, -0.15) is 0 Å². The SMILES string of the molecule is Cc1ccc2[nH]c(C(=O)NCC(C)(O)CN(C)C)c(C)c2c1. The Morgan fingerprint density at radius 2 is 2.05 bits per heavy atom. The smallest absolute Gasteiger partial charge is 0.268 e. The highest BCUT2D eigenvalue weighted by molar-refractivity contribution is 6.01. The minimum absolute atomic E-state index is 0.189. The molecule has 5 nitrogen and oxygen atoms in total. The number of aliphatic hydroxyl groups is 1. The summed E-state index contributed by atoms with van der Waals surface area (Å²) in [6, 6.07) is 6.07. The van der Waals surface area contributed by atoms with Gasteiger partial charge in [0.2, 0.25) is 0 Å². The summed E-state index contributed by atoms with van der Waals surface area (Å²) < 4.78 is 0. The third kappa shape index (κ3) is 3.67. The van der Waals surface area contributed by atoms with Gasteiger partial charge in [0, 0.05) is 24.0 Å². The van der Waals surface area contributed by atoms with Gasteiger partial charge in [0.15, 0.2) is 0 Å². The number of aryl methyl sites for hydroxylation is 2. The normalized spacial score (nSPS) is 14.3. The average molecular weight is 303 g/mol. The zero-order valence-corrected chi connectivity index (χ0v) is 13.9. The number of aromatic nitrogens is 1. The van der Waals surface area contributed by atoms with Crippen molar-refractivity contribution >= 4 is 16.8 Å². The molecule has 0 aliphatic rings. The van der Waals surface area contributed by atoms with E-state index in [1.54, 1.807) is 6.92 Å². The van der Waals surface area contributed by atoms with Gasteiger partial charge in [-0.25, -0.2) is 0 Å². The summed E-state index contributed by atoms with van der Waals surface area (Å²) in [4.78, 5) is 17.4. The molecule has 1 aromatic heterocycles. The van der Waals surface area contributed by atoms with Crippen LogP contribution in [0.1, 0.15) is 28.5 Å². The minimum atomic E-state index is -0.963. The molecule has 0 radical (unpaired) electrons. The summed E-state index contributed by atoms with van der Waals surface area (Å²) in [5, 5.41) is 14.1. The number of nitrogens with one attached hydrogen (secondary N) is 2. The van der Waals surface area contributed by atoms with E-state index in [-0.39, 0.29) is 12.5 Å². The molecular formula is C17H25N3O2. The molecule has 2 rings (SSSR count). The Morgan fingerprint density at radius 1 is 1.36 bits per heavy atom. The van der Waals surface area contributed by atoms with Crippen molar-refractivity contribution in [3.05, 3.63) is 35.0 Å². The average Bonchev–Trinajstić information content (AvgIpc) is 2.72. The van der Waals surface area contributed by atoms with Gasteiger partial charge < -0.3 is 20.3 Å². The number of aromatic amines is 1. The number of nitrogens with zero attached hydrogens (tertiary/aromatic N) is 1. The number of fused-ring (bicyclic) bond motifs is 1. The monoisotopic (exact) mass is 303 g/mol. The van der Waals surface area contributed by atoms with Crippen LogP contribution in [-0.4, -0.2) is 53.7 Å². The number of amides is 1. The molecule has 1 heterocycles. The molecule has 1 atom stereocenters. The molecule has 0 spiro atoms. The lowest BCUT2D eigenvalue weighted by atomic mass is 10.1. The first-order valence-corrected chi connectivity index (χ1v) is 7.44. The minimum Gasteiger partial charge on any atom is -0.387 e. The Morgan fingerprint density at radius 3 is 2.68 bits per heavy atom. The molecule has 22 heavy (non-hydrogen) atoms. The van der Waals surface area contributed by atoms with Crippen molar-refractivity contribution in [2.75, 3.05) is 27.2 Å². The molecule has 0 aliphatic carbocycles. The molecule has 1 amide bonds. The summed E-state index contributed by atoms with van der Waals surface area (Å²) in [6.07, 6.45) is 0. The first kappa shape index (κ1) is 16.5. The number of H-pyrrole nitrogens is 1. The van der Waals surface area contributed by atoms with Crippen LogP contribution in [0.15, 0.2) is 18.2 Å². The predicted molar refractivity (Wildman–Crippen MR) is 89.3 cm³/mol. The van der Waals surface area contributed by atoms with Crippen LogP contribution in [0.25, 0.3) is 10.9 Å². The number of benzene rings is 1. The quantitative estimate of drug-likeness (QED) is 0.789. The molecule has 120 valence electrons. The van der Waals surface area contributed by atoms with Gasteiger partial charge in [-0.3, -0.25) is 4.79 Å². The lowest BCUT2D eigenvalue weighted by molar-refractivity contribution is 0.0325. The van der Waals surface area contributed by atoms with Gasteiger partial charge in [-0.15, -0.1) is 0 Å². The number of hydrogen-bond donors (Lipinski definition) is 3. The molecule has 0 saturated carbocycles. The highest BCUT2D eigenvalue weighted by Gasteiger charge is 2.23. The maximum absolute atomic E-state index is 12.4. The van der Waals surface area contributed by atoms with Crippen molar-refractivity contribution in [1.29, 1.82) is 0 Å². The summed E-state index contributed by atoms with van der Waals surface area (Å²) in [5.41, 5.74) is 2.64. The maximum Gasteiger partial charge on any atom is 0.268 e. The van der Waals surface area contributed by atoms with Crippen LogP contribution in [0.4, 0.5) is 0 Å². The van der Waals surface area contributed by atoms with Crippen molar-refractivity contribution in [3.63, 3.8) is 0 Å². The zero-order chi connectivity index (χ0) is 16.5. The van der Waals surface area contributed by atoms with Crippen LogP contribution in [0.2, 0.25) is 0 Å². The van der Waals surface area contributed by atoms with Gasteiger partial charge in [-0.05, 0) is 52.6 Å². The second kappa shape index (κ2) is 6.10. The van der Waals surface area contributed by atoms with E-state index in [9.17, 15) is 9.90 Å². The van der Waals surface area contributed by atoms with Crippen LogP contribution < -0.4 is 5.32 Å². The Kier molecular flexibility index (Phi) is 4.58. The first-order valence-electron chi connectivity index (χ1n) is 7.44. The standard InChI is InChI=1S/C17H25N3O2/c1-11-6-7-14-13(8-11)12(2)15(19-14)16(21)18-9-17(3,22)10-20(4)5/h6-8,19,22H,9-10H2,1-5H3,(H,18,21). The van der Waals surface area contributed by atoms with E-state index >= 15 is 0 Å². The van der Waals surface area contributed by atoms with E-state index in [0.717, 1.165) is 22.0 Å². The number of carbonyl (C=O) groups excluding carboxylic acids is 1. The Balaban J connectivity index is 2.15. The fourth-order valence-electron chi connectivity index (χ4n) is 2.76. The largest absolute Gasteiger partial charge is 0.387 e. The molecule has 0 bridgehead atoms. The van der Waals surface area contributed by atoms with Gasteiger partial charge in [0.05, 0.1) is 5.60 Å². The molecule has 5 heteroatoms. The van der Waals surface area contributed by atoms with E-state index < -0.39 is 5.60 Å². The maximum atomic E-state index is 12.4. The van der Waals surface area contributed by atoms with Crippen LogP contribution >= 0.6 is 0 Å². The second-order valence-corrected chi connectivity index (χ2v) is 6.59. The molecule has 3 N–H and O–H groups in total. The van der Waals surface area contributed by atoms with Crippen molar-refractivity contribution in [2.45, 2.75) is 26.4 Å². The van der Waals surface area contributed by atoms with Crippen molar-refractivity contribution in [3.8, 4) is 0 Å². The lowest BCUT2D eigenvalue weighted by Gasteiger charge is -2.27. The van der Waals surface area contributed by atoms with Crippen LogP contribution in [-0.2, 0) is 0 Å². The van der Waals surface area contributed by atoms with Crippen LogP contribution in [0.5, 0.6) is 0 Å². The molecule has 0 fully saturated rings. The molecule has 0 aliphatic heterocycles. The Bertz CT molecular complexity index is 687. The number of carbonyl (C=O) groups is 1. The van der Waals surface area contributed by atoms with Gasteiger partial charge in [-0.1, -0.05) is 11.6 Å². The van der Waals surface area contributed by atoms with Gasteiger partial charge in [0.25, 0.3) is 5.91 Å². The van der Waals surface area contributed by atoms with E-state index in [4.69, 9.17) is 0 Å². The van der Waals surface area contributed by atoms with E-state index in [1.165, 1.54) is 0 Å². The van der Waals surface area contributed by atoms with E-state index in [0.29, 0.717) is 12.2 Å². The molecular weight excluding hydrogens is 278 g/mol. The van der Waals surface area contributed by atoms with Gasteiger partial charge >= 0.3 is 0 Å². The third-order valence-electron chi connectivity index (χ3n) is 3.73. The topological polar surface area (TPSA) is 68.4 Å². The highest BCUT2D eigenvalue weighted by Crippen LogP contribution is 2.22. The molecule has 2 aromatic rings. The fourth-order valence-corrected chi connectivity index (χ4v) is 2.76. The number of rotatable bonds is 5. The Hall–Kier alpha value is -1.85. The number of likely N-dealkylation sites (N-methyl/N-ethyl adjacent to an activating group) is 1. The molecule has 1 unspecified atom stereocenters. The highest BCUT2D eigenvalue weighted by atomic mass is 16.3. The Labute approximate surface area is 131 Å². The van der Waals surface area contributed by atoms with Crippen LogP contribution in [0.3, 0.4) is 0 Å². The number of hydrogen-bond acceptors (Lipinski definition) is 3. The van der Waals surface area contributed by atoms with Crippen molar-refractivity contribution in [2.24, 2.45) is 0 Å². The third-order valence-corrected chi connectivity index (χ3v) is 3.73. The van der Waals surface area contributed by atoms with Crippen LogP contribution in [0, 0.1) is 13.8 Å². The lowest BCUT2D eigenvalue weighted by Crippen LogP contribution is -2.47. The van der Waals surface area contributed by atoms with E-state index in [1.807, 2.05) is 45.0 Å². The van der Waals surface area contributed by atoms with Crippen molar-refractivity contribution < 1.29 is 9.90 Å². The van der Waals surface area contributed by atoms with E-state index in [2.05, 4.69) is 16.4 Å². The zero-order valence-electron chi connectivity index (χ0n) is 13.9. The predicted octanol–water partition coefficient (Wildman–Crippen LogP) is 1.83. The molecule has 1 aromatic carbocycles. The summed E-state index contributed by atoms with van der Waals surface area (Å²) in [6.45, 7) is 6.37. The molecule has 0 saturated heterocycles. The summed E-state index contributed by atoms with van der Waals surface area (Å²) in [5.74, 6) is -0.189. The first-order chi connectivity index (χ1) is 10.2. The summed E-state index contributed by atoms with van der Waals surface area (Å²) >= 11 is 0. The second-order valence-electron chi connectivity index (χ2n) is 6.59.